The number of carboxylic acids is 1. The molecule has 0 aliphatic rings. The zero-order valence-corrected chi connectivity index (χ0v) is 10.1. The zero-order valence-electron chi connectivity index (χ0n) is 10.1. The Labute approximate surface area is 95.0 Å². The summed E-state index contributed by atoms with van der Waals surface area (Å²) in [6.07, 6.45) is 0. The maximum absolute atomic E-state index is 11.4. The molecule has 0 heterocycles. The SMILES string of the molecule is CNC(=O)C(C)(C)CNCC(C)(O)C(=O)O. The highest BCUT2D eigenvalue weighted by molar-refractivity contribution is 5.81. The molecule has 0 aromatic rings. The van der Waals surface area contributed by atoms with Gasteiger partial charge in [-0.15, -0.1) is 0 Å². The molecule has 0 saturated carbocycles. The summed E-state index contributed by atoms with van der Waals surface area (Å²) in [5, 5.41) is 23.4. The lowest BCUT2D eigenvalue weighted by Crippen LogP contribution is -2.49. The molecule has 4 N–H and O–H groups in total. The maximum Gasteiger partial charge on any atom is 0.336 e. The molecule has 1 amide bonds. The van der Waals surface area contributed by atoms with Crippen molar-refractivity contribution in [3.8, 4) is 0 Å². The van der Waals surface area contributed by atoms with Crippen molar-refractivity contribution >= 4 is 11.9 Å². The van der Waals surface area contributed by atoms with Gasteiger partial charge in [-0.05, 0) is 20.8 Å². The summed E-state index contributed by atoms with van der Waals surface area (Å²) < 4.78 is 0. The van der Waals surface area contributed by atoms with Crippen LogP contribution in [0.3, 0.4) is 0 Å². The van der Waals surface area contributed by atoms with E-state index in [1.807, 2.05) is 0 Å². The van der Waals surface area contributed by atoms with Crippen molar-refractivity contribution in [1.82, 2.24) is 10.6 Å². The average Bonchev–Trinajstić information content (AvgIpc) is 2.15. The molecule has 0 bridgehead atoms. The van der Waals surface area contributed by atoms with Crippen LogP contribution in [0.25, 0.3) is 0 Å². The quantitative estimate of drug-likeness (QED) is 0.480. The van der Waals surface area contributed by atoms with Crippen molar-refractivity contribution in [2.45, 2.75) is 26.4 Å². The second-order valence-corrected chi connectivity index (χ2v) is 4.65. The van der Waals surface area contributed by atoms with Gasteiger partial charge in [-0.25, -0.2) is 4.79 Å². The molecule has 94 valence electrons. The standard InChI is InChI=1S/C10H20N2O4/c1-9(2,7(13)11-4)5-12-6-10(3,16)8(14)15/h12,16H,5-6H2,1-4H3,(H,11,13)(H,14,15). The van der Waals surface area contributed by atoms with Crippen LogP contribution in [0, 0.1) is 5.41 Å². The first-order valence-corrected chi connectivity index (χ1v) is 5.02. The molecule has 0 aromatic carbocycles. The first-order valence-electron chi connectivity index (χ1n) is 5.02. The number of aliphatic carboxylic acids is 1. The van der Waals surface area contributed by atoms with Gasteiger partial charge in [-0.3, -0.25) is 4.79 Å². The van der Waals surface area contributed by atoms with Crippen LogP contribution in [-0.2, 0) is 9.59 Å². The van der Waals surface area contributed by atoms with Crippen molar-refractivity contribution in [3.63, 3.8) is 0 Å². The third-order valence-corrected chi connectivity index (χ3v) is 2.34. The molecule has 16 heavy (non-hydrogen) atoms. The van der Waals surface area contributed by atoms with Crippen molar-refractivity contribution in [2.75, 3.05) is 20.1 Å². The van der Waals surface area contributed by atoms with E-state index < -0.39 is 17.0 Å². The lowest BCUT2D eigenvalue weighted by atomic mass is 9.92. The van der Waals surface area contributed by atoms with Gasteiger partial charge in [-0.2, -0.15) is 0 Å². The van der Waals surface area contributed by atoms with Crippen LogP contribution in [-0.4, -0.2) is 47.8 Å². The second kappa shape index (κ2) is 5.27. The maximum atomic E-state index is 11.4. The zero-order chi connectivity index (χ0) is 13.0. The third-order valence-electron chi connectivity index (χ3n) is 2.34. The Morgan fingerprint density at radius 1 is 1.19 bits per heavy atom. The van der Waals surface area contributed by atoms with E-state index in [4.69, 9.17) is 5.11 Å². The van der Waals surface area contributed by atoms with Crippen LogP contribution >= 0.6 is 0 Å². The molecule has 1 atom stereocenters. The Bertz CT molecular complexity index is 274. The molecule has 6 heteroatoms. The molecule has 6 nitrogen and oxygen atoms in total. The lowest BCUT2D eigenvalue weighted by Gasteiger charge is -2.25. The summed E-state index contributed by atoms with van der Waals surface area (Å²) in [6.45, 7) is 4.84. The van der Waals surface area contributed by atoms with Gasteiger partial charge in [-0.1, -0.05) is 0 Å². The lowest BCUT2D eigenvalue weighted by molar-refractivity contribution is -0.156. The van der Waals surface area contributed by atoms with Crippen LogP contribution in [0.4, 0.5) is 0 Å². The van der Waals surface area contributed by atoms with Crippen LogP contribution in [0.1, 0.15) is 20.8 Å². The van der Waals surface area contributed by atoms with Gasteiger partial charge in [0.15, 0.2) is 5.60 Å². The van der Waals surface area contributed by atoms with Crippen molar-refractivity contribution in [3.05, 3.63) is 0 Å². The number of hydrogen-bond acceptors (Lipinski definition) is 4. The fraction of sp³-hybridized carbons (Fsp3) is 0.800. The highest BCUT2D eigenvalue weighted by Crippen LogP contribution is 2.13. The molecule has 0 rings (SSSR count). The highest BCUT2D eigenvalue weighted by Gasteiger charge is 2.31. The minimum absolute atomic E-state index is 0.108. The number of rotatable bonds is 6. The van der Waals surface area contributed by atoms with E-state index >= 15 is 0 Å². The normalized spacial score (nSPS) is 15.3. The van der Waals surface area contributed by atoms with Crippen molar-refractivity contribution in [1.29, 1.82) is 0 Å². The molecule has 0 saturated heterocycles. The van der Waals surface area contributed by atoms with Gasteiger partial charge in [0, 0.05) is 20.1 Å². The Balaban J connectivity index is 4.18. The predicted octanol–water partition coefficient (Wildman–Crippen LogP) is -0.816. The van der Waals surface area contributed by atoms with Crippen LogP contribution in [0.15, 0.2) is 0 Å². The Morgan fingerprint density at radius 2 is 1.69 bits per heavy atom. The molecule has 0 fully saturated rings. The Hall–Kier alpha value is -1.14. The molecule has 0 radical (unpaired) electrons. The first-order chi connectivity index (χ1) is 7.13. The van der Waals surface area contributed by atoms with Gasteiger partial charge in [0.1, 0.15) is 0 Å². The molecular formula is C10H20N2O4. The summed E-state index contributed by atoms with van der Waals surface area (Å²) >= 11 is 0. The number of carbonyl (C=O) groups is 2. The number of carboxylic acid groups (broad SMARTS) is 1. The summed E-state index contributed by atoms with van der Waals surface area (Å²) in [4.78, 5) is 22.0. The monoisotopic (exact) mass is 232 g/mol. The van der Waals surface area contributed by atoms with Gasteiger partial charge in [0.2, 0.25) is 5.91 Å². The van der Waals surface area contributed by atoms with Crippen molar-refractivity contribution in [2.24, 2.45) is 5.41 Å². The minimum atomic E-state index is -1.82. The van der Waals surface area contributed by atoms with Gasteiger partial charge < -0.3 is 20.8 Å². The molecular weight excluding hydrogens is 212 g/mol. The smallest absolute Gasteiger partial charge is 0.336 e. The summed E-state index contributed by atoms with van der Waals surface area (Å²) in [5.41, 5.74) is -2.47. The second-order valence-electron chi connectivity index (χ2n) is 4.65. The number of carbonyl (C=O) groups excluding carboxylic acids is 1. The van der Waals surface area contributed by atoms with E-state index in [0.717, 1.165) is 0 Å². The van der Waals surface area contributed by atoms with E-state index in [1.54, 1.807) is 13.8 Å². The summed E-state index contributed by atoms with van der Waals surface area (Å²) in [5.74, 6) is -1.44. The van der Waals surface area contributed by atoms with Gasteiger partial charge in [0.25, 0.3) is 0 Å². The largest absolute Gasteiger partial charge is 0.479 e. The van der Waals surface area contributed by atoms with E-state index in [1.165, 1.54) is 14.0 Å². The number of aliphatic hydroxyl groups is 1. The number of amides is 1. The van der Waals surface area contributed by atoms with Crippen molar-refractivity contribution < 1.29 is 19.8 Å². The highest BCUT2D eigenvalue weighted by atomic mass is 16.4. The Kier molecular flexibility index (Phi) is 4.89. The van der Waals surface area contributed by atoms with E-state index in [2.05, 4.69) is 10.6 Å². The average molecular weight is 232 g/mol. The van der Waals surface area contributed by atoms with E-state index in [-0.39, 0.29) is 19.0 Å². The first kappa shape index (κ1) is 14.9. The van der Waals surface area contributed by atoms with Crippen LogP contribution in [0.5, 0.6) is 0 Å². The predicted molar refractivity (Wildman–Crippen MR) is 59.0 cm³/mol. The van der Waals surface area contributed by atoms with E-state index in [0.29, 0.717) is 0 Å². The number of nitrogens with one attached hydrogen (secondary N) is 2. The van der Waals surface area contributed by atoms with Gasteiger partial charge in [0.05, 0.1) is 5.41 Å². The number of hydrogen-bond donors (Lipinski definition) is 4. The van der Waals surface area contributed by atoms with Crippen LogP contribution < -0.4 is 10.6 Å². The fourth-order valence-electron chi connectivity index (χ4n) is 1.11. The molecule has 0 aliphatic heterocycles. The fourth-order valence-corrected chi connectivity index (χ4v) is 1.11. The molecule has 0 spiro atoms. The molecule has 0 aliphatic carbocycles. The van der Waals surface area contributed by atoms with Crippen LogP contribution in [0.2, 0.25) is 0 Å². The third kappa shape index (κ3) is 4.16. The minimum Gasteiger partial charge on any atom is -0.479 e. The Morgan fingerprint density at radius 3 is 2.06 bits per heavy atom. The molecule has 1 unspecified atom stereocenters. The van der Waals surface area contributed by atoms with Gasteiger partial charge >= 0.3 is 5.97 Å². The van der Waals surface area contributed by atoms with E-state index in [9.17, 15) is 14.7 Å². The molecule has 0 aromatic heterocycles. The summed E-state index contributed by atoms with van der Waals surface area (Å²) in [6, 6.07) is 0. The summed E-state index contributed by atoms with van der Waals surface area (Å²) in [7, 11) is 1.54. The topological polar surface area (TPSA) is 98.7 Å².